The van der Waals surface area contributed by atoms with Crippen molar-refractivity contribution in [1.29, 1.82) is 0 Å². The van der Waals surface area contributed by atoms with Gasteiger partial charge in [-0.05, 0) is 5.92 Å². The molecule has 2 heterocycles. The number of aryl methyl sites for hydroxylation is 1. The largest absolute Gasteiger partial charge is 0.339 e. The summed E-state index contributed by atoms with van der Waals surface area (Å²) >= 11 is 1.41. The van der Waals surface area contributed by atoms with Crippen molar-refractivity contribution in [2.24, 2.45) is 13.0 Å². The average Bonchev–Trinajstić information content (AvgIpc) is 3.04. The Hall–Kier alpha value is -1.83. The Morgan fingerprint density at radius 1 is 1.50 bits per heavy atom. The first-order chi connectivity index (χ1) is 10.5. The average molecular weight is 323 g/mol. The first-order valence-electron chi connectivity index (χ1n) is 7.11. The number of hydrogen-bond donors (Lipinski definition) is 0. The summed E-state index contributed by atoms with van der Waals surface area (Å²) in [6.45, 7) is 4.53. The highest BCUT2D eigenvalue weighted by Gasteiger charge is 2.15. The Labute approximate surface area is 134 Å². The Balaban J connectivity index is 1.83. The van der Waals surface area contributed by atoms with Crippen LogP contribution in [0.25, 0.3) is 0 Å². The van der Waals surface area contributed by atoms with Gasteiger partial charge in [-0.1, -0.05) is 30.8 Å². The molecule has 2 aromatic rings. The van der Waals surface area contributed by atoms with Crippen LogP contribution in [0.3, 0.4) is 0 Å². The minimum Gasteiger partial charge on any atom is -0.339 e. The zero-order chi connectivity index (χ0) is 16.1. The Morgan fingerprint density at radius 3 is 2.91 bits per heavy atom. The lowest BCUT2D eigenvalue weighted by Gasteiger charge is -2.14. The summed E-state index contributed by atoms with van der Waals surface area (Å²) in [5.41, 5.74) is 0. The zero-order valence-corrected chi connectivity index (χ0v) is 14.1. The monoisotopic (exact) mass is 323 g/mol. The van der Waals surface area contributed by atoms with Gasteiger partial charge in [-0.25, -0.2) is 4.98 Å². The predicted molar refractivity (Wildman–Crippen MR) is 83.2 cm³/mol. The molecular weight excluding hydrogens is 302 g/mol. The number of aromatic nitrogens is 4. The SMILES string of the molecule is CC(C)Cc1nc(CN(C)C(=O)CSc2nccn2C)no1. The van der Waals surface area contributed by atoms with Crippen molar-refractivity contribution in [3.63, 3.8) is 0 Å². The van der Waals surface area contributed by atoms with Crippen LogP contribution < -0.4 is 0 Å². The second-order valence-corrected chi connectivity index (χ2v) is 6.50. The predicted octanol–water partition coefficient (Wildman–Crippen LogP) is 1.75. The van der Waals surface area contributed by atoms with Gasteiger partial charge in [0.05, 0.1) is 12.3 Å². The molecule has 0 radical (unpaired) electrons. The topological polar surface area (TPSA) is 77.1 Å². The van der Waals surface area contributed by atoms with Crippen molar-refractivity contribution in [2.45, 2.75) is 32.0 Å². The number of amides is 1. The number of thioether (sulfide) groups is 1. The third-order valence-electron chi connectivity index (χ3n) is 3.00. The maximum Gasteiger partial charge on any atom is 0.233 e. The highest BCUT2D eigenvalue weighted by Crippen LogP contribution is 2.15. The molecule has 2 aromatic heterocycles. The van der Waals surface area contributed by atoms with Crippen LogP contribution in [0.2, 0.25) is 0 Å². The molecule has 0 aliphatic heterocycles. The molecule has 0 fully saturated rings. The summed E-state index contributed by atoms with van der Waals surface area (Å²) in [5.74, 6) is 1.95. The normalized spacial score (nSPS) is 11.1. The van der Waals surface area contributed by atoms with Gasteiger partial charge >= 0.3 is 0 Å². The van der Waals surface area contributed by atoms with Crippen LogP contribution in [0, 0.1) is 5.92 Å². The lowest BCUT2D eigenvalue weighted by molar-refractivity contribution is -0.127. The number of nitrogens with zero attached hydrogens (tertiary/aromatic N) is 5. The van der Waals surface area contributed by atoms with E-state index >= 15 is 0 Å². The zero-order valence-electron chi connectivity index (χ0n) is 13.3. The van der Waals surface area contributed by atoms with E-state index in [0.717, 1.165) is 11.6 Å². The second-order valence-electron chi connectivity index (χ2n) is 5.56. The summed E-state index contributed by atoms with van der Waals surface area (Å²) in [6.07, 6.45) is 4.32. The van der Waals surface area contributed by atoms with Crippen LogP contribution >= 0.6 is 11.8 Å². The van der Waals surface area contributed by atoms with E-state index in [4.69, 9.17) is 4.52 Å². The number of carbonyl (C=O) groups is 1. The van der Waals surface area contributed by atoms with Crippen molar-refractivity contribution in [3.8, 4) is 0 Å². The van der Waals surface area contributed by atoms with Gasteiger partial charge < -0.3 is 14.0 Å². The molecule has 0 saturated heterocycles. The van der Waals surface area contributed by atoms with Gasteiger partial charge in [-0.3, -0.25) is 4.79 Å². The molecule has 120 valence electrons. The van der Waals surface area contributed by atoms with Gasteiger partial charge in [0.25, 0.3) is 0 Å². The molecule has 0 aliphatic carbocycles. The molecule has 0 bridgehead atoms. The highest BCUT2D eigenvalue weighted by molar-refractivity contribution is 7.99. The molecule has 7 nitrogen and oxygen atoms in total. The van der Waals surface area contributed by atoms with Gasteiger partial charge in [-0.15, -0.1) is 0 Å². The maximum atomic E-state index is 12.1. The highest BCUT2D eigenvalue weighted by atomic mass is 32.2. The third-order valence-corrected chi connectivity index (χ3v) is 4.04. The van der Waals surface area contributed by atoms with Gasteiger partial charge in [0.1, 0.15) is 0 Å². The van der Waals surface area contributed by atoms with Crippen molar-refractivity contribution >= 4 is 17.7 Å². The first-order valence-corrected chi connectivity index (χ1v) is 8.09. The fourth-order valence-electron chi connectivity index (χ4n) is 1.81. The number of rotatable bonds is 7. The van der Waals surface area contributed by atoms with Gasteiger partial charge in [-0.2, -0.15) is 4.98 Å². The Bertz CT molecular complexity index is 622. The smallest absolute Gasteiger partial charge is 0.233 e. The van der Waals surface area contributed by atoms with Gasteiger partial charge in [0, 0.05) is 32.9 Å². The Morgan fingerprint density at radius 2 is 2.27 bits per heavy atom. The van der Waals surface area contributed by atoms with Crippen LogP contribution in [-0.2, 0) is 24.8 Å². The maximum absolute atomic E-state index is 12.1. The molecule has 8 heteroatoms. The lowest BCUT2D eigenvalue weighted by Crippen LogP contribution is -2.28. The molecule has 0 aromatic carbocycles. The van der Waals surface area contributed by atoms with Crippen molar-refractivity contribution in [1.82, 2.24) is 24.6 Å². The number of hydrogen-bond acceptors (Lipinski definition) is 6. The summed E-state index contributed by atoms with van der Waals surface area (Å²) < 4.78 is 7.06. The van der Waals surface area contributed by atoms with E-state index in [0.29, 0.717) is 29.9 Å². The summed E-state index contributed by atoms with van der Waals surface area (Å²) in [6, 6.07) is 0. The van der Waals surface area contributed by atoms with Crippen LogP contribution in [-0.4, -0.2) is 43.3 Å². The molecule has 0 atom stereocenters. The van der Waals surface area contributed by atoms with Gasteiger partial charge in [0.2, 0.25) is 11.8 Å². The minimum absolute atomic E-state index is 0.00297. The first kappa shape index (κ1) is 16.5. The van der Waals surface area contributed by atoms with Crippen LogP contribution in [0.15, 0.2) is 22.1 Å². The van der Waals surface area contributed by atoms with E-state index in [2.05, 4.69) is 29.0 Å². The fourth-order valence-corrected chi connectivity index (χ4v) is 2.69. The van der Waals surface area contributed by atoms with Gasteiger partial charge in [0.15, 0.2) is 11.0 Å². The van der Waals surface area contributed by atoms with Crippen LogP contribution in [0.4, 0.5) is 0 Å². The van der Waals surface area contributed by atoms with Crippen molar-refractivity contribution in [3.05, 3.63) is 24.1 Å². The molecule has 0 unspecified atom stereocenters. The molecule has 0 spiro atoms. The molecule has 2 rings (SSSR count). The summed E-state index contributed by atoms with van der Waals surface area (Å²) in [7, 11) is 3.64. The van der Waals surface area contributed by atoms with E-state index < -0.39 is 0 Å². The summed E-state index contributed by atoms with van der Waals surface area (Å²) in [4.78, 5) is 22.2. The second kappa shape index (κ2) is 7.44. The summed E-state index contributed by atoms with van der Waals surface area (Å²) in [5, 5.41) is 4.73. The number of imidazole rings is 1. The molecule has 22 heavy (non-hydrogen) atoms. The minimum atomic E-state index is 0.00297. The molecule has 0 N–H and O–H groups in total. The number of carbonyl (C=O) groups excluding carboxylic acids is 1. The quantitative estimate of drug-likeness (QED) is 0.723. The van der Waals surface area contributed by atoms with E-state index in [9.17, 15) is 4.79 Å². The fraction of sp³-hybridized carbons (Fsp3) is 0.571. The van der Waals surface area contributed by atoms with E-state index in [-0.39, 0.29) is 5.91 Å². The standard InChI is InChI=1S/C14H21N5O2S/c1-10(2)7-12-16-11(17-21-12)8-19(4)13(20)9-22-14-15-5-6-18(14)3/h5-6,10H,7-9H2,1-4H3. The van der Waals surface area contributed by atoms with Crippen molar-refractivity contribution in [2.75, 3.05) is 12.8 Å². The molecule has 1 amide bonds. The van der Waals surface area contributed by atoms with E-state index in [1.165, 1.54) is 11.8 Å². The molecular formula is C14H21N5O2S. The van der Waals surface area contributed by atoms with E-state index in [1.54, 1.807) is 18.1 Å². The molecule has 0 aliphatic rings. The Kier molecular flexibility index (Phi) is 5.59. The van der Waals surface area contributed by atoms with Crippen molar-refractivity contribution < 1.29 is 9.32 Å². The molecule has 0 saturated carbocycles. The third kappa shape index (κ3) is 4.59. The van der Waals surface area contributed by atoms with Crippen LogP contribution in [0.1, 0.15) is 25.6 Å². The van der Waals surface area contributed by atoms with E-state index in [1.807, 2.05) is 17.8 Å². The van der Waals surface area contributed by atoms with Crippen LogP contribution in [0.5, 0.6) is 0 Å². The lowest BCUT2D eigenvalue weighted by atomic mass is 10.1.